The SMILES string of the molecule is CC[C@H](C(=O)N[C@@H](C)c1ccc2c(c1)CCC2)N(c1cc(Cl)ccc1C)S(C)(=O)=O. The Morgan fingerprint density at radius 1 is 1.17 bits per heavy atom. The summed E-state index contributed by atoms with van der Waals surface area (Å²) in [7, 11) is -3.71. The number of fused-ring (bicyclic) bond motifs is 1. The molecule has 0 spiro atoms. The van der Waals surface area contributed by atoms with E-state index in [2.05, 4.69) is 17.4 Å². The molecule has 0 unspecified atom stereocenters. The molecule has 2 aromatic rings. The lowest BCUT2D eigenvalue weighted by Crippen LogP contribution is -2.50. The van der Waals surface area contributed by atoms with Crippen molar-refractivity contribution in [3.8, 4) is 0 Å². The second-order valence-corrected chi connectivity index (χ2v) is 10.3. The number of hydrogen-bond acceptors (Lipinski definition) is 3. The fourth-order valence-corrected chi connectivity index (χ4v) is 5.54. The molecule has 0 saturated carbocycles. The van der Waals surface area contributed by atoms with Crippen molar-refractivity contribution in [2.45, 2.75) is 58.5 Å². The summed E-state index contributed by atoms with van der Waals surface area (Å²) < 4.78 is 26.6. The second kappa shape index (κ2) is 8.98. The summed E-state index contributed by atoms with van der Waals surface area (Å²) in [6, 6.07) is 10.3. The summed E-state index contributed by atoms with van der Waals surface area (Å²) in [5.41, 5.74) is 4.92. The van der Waals surface area contributed by atoms with Crippen LogP contribution >= 0.6 is 11.6 Å². The van der Waals surface area contributed by atoms with Crippen LogP contribution in [0.4, 0.5) is 5.69 Å². The molecular formula is C23H29ClN2O3S. The number of anilines is 1. The van der Waals surface area contributed by atoms with E-state index in [4.69, 9.17) is 11.6 Å². The van der Waals surface area contributed by atoms with E-state index < -0.39 is 16.1 Å². The Balaban J connectivity index is 1.88. The lowest BCUT2D eigenvalue weighted by molar-refractivity contribution is -0.122. The number of benzene rings is 2. The molecule has 1 aliphatic carbocycles. The quantitative estimate of drug-likeness (QED) is 0.675. The van der Waals surface area contributed by atoms with E-state index in [0.717, 1.165) is 30.2 Å². The van der Waals surface area contributed by atoms with Gasteiger partial charge in [0.2, 0.25) is 15.9 Å². The van der Waals surface area contributed by atoms with Gasteiger partial charge >= 0.3 is 0 Å². The molecule has 162 valence electrons. The monoisotopic (exact) mass is 448 g/mol. The largest absolute Gasteiger partial charge is 0.348 e. The van der Waals surface area contributed by atoms with Crippen LogP contribution in [0.25, 0.3) is 0 Å². The molecule has 2 aromatic carbocycles. The molecule has 30 heavy (non-hydrogen) atoms. The molecule has 2 atom stereocenters. The number of aryl methyl sites for hydroxylation is 3. The Morgan fingerprint density at radius 3 is 2.53 bits per heavy atom. The van der Waals surface area contributed by atoms with Gasteiger partial charge < -0.3 is 5.32 Å². The van der Waals surface area contributed by atoms with Crippen molar-refractivity contribution in [3.05, 3.63) is 63.7 Å². The van der Waals surface area contributed by atoms with Gasteiger partial charge in [-0.05, 0) is 73.9 Å². The van der Waals surface area contributed by atoms with Gasteiger partial charge in [-0.3, -0.25) is 9.10 Å². The van der Waals surface area contributed by atoms with Crippen LogP contribution in [0.3, 0.4) is 0 Å². The van der Waals surface area contributed by atoms with Crippen LogP contribution in [-0.2, 0) is 27.7 Å². The van der Waals surface area contributed by atoms with Gasteiger partial charge in [0.05, 0.1) is 18.0 Å². The van der Waals surface area contributed by atoms with Crippen molar-refractivity contribution >= 4 is 33.2 Å². The highest BCUT2D eigenvalue weighted by atomic mass is 35.5. The van der Waals surface area contributed by atoms with Crippen molar-refractivity contribution in [1.29, 1.82) is 0 Å². The average molecular weight is 449 g/mol. The van der Waals surface area contributed by atoms with Crippen LogP contribution in [0, 0.1) is 6.92 Å². The van der Waals surface area contributed by atoms with E-state index in [1.54, 1.807) is 18.2 Å². The minimum Gasteiger partial charge on any atom is -0.348 e. The lowest BCUT2D eigenvalue weighted by atomic mass is 10.0. The Morgan fingerprint density at radius 2 is 1.87 bits per heavy atom. The minimum absolute atomic E-state index is 0.223. The van der Waals surface area contributed by atoms with Gasteiger partial charge in [0.15, 0.2) is 0 Å². The molecule has 0 aromatic heterocycles. The van der Waals surface area contributed by atoms with Gasteiger partial charge in [-0.15, -0.1) is 0 Å². The number of nitrogens with one attached hydrogen (secondary N) is 1. The van der Waals surface area contributed by atoms with E-state index >= 15 is 0 Å². The molecule has 5 nitrogen and oxygen atoms in total. The van der Waals surface area contributed by atoms with Gasteiger partial charge in [0, 0.05) is 5.02 Å². The molecular weight excluding hydrogens is 420 g/mol. The zero-order valence-corrected chi connectivity index (χ0v) is 19.5. The minimum atomic E-state index is -3.71. The van der Waals surface area contributed by atoms with E-state index in [-0.39, 0.29) is 11.9 Å². The molecule has 7 heteroatoms. The van der Waals surface area contributed by atoms with Crippen LogP contribution < -0.4 is 9.62 Å². The number of carbonyl (C=O) groups is 1. The molecule has 3 rings (SSSR count). The van der Waals surface area contributed by atoms with Crippen molar-refractivity contribution in [2.24, 2.45) is 0 Å². The third-order valence-corrected chi connectivity index (χ3v) is 7.12. The summed E-state index contributed by atoms with van der Waals surface area (Å²) in [5, 5.41) is 3.44. The van der Waals surface area contributed by atoms with Gasteiger partial charge in [-0.1, -0.05) is 42.8 Å². The molecule has 1 N–H and O–H groups in total. The standard InChI is InChI=1S/C23H29ClN2O3S/c1-5-21(26(30(4,28)29)22-14-20(24)12-9-15(22)2)23(27)25-16(3)18-11-10-17-7-6-8-19(17)13-18/h9-14,16,21H,5-8H2,1-4H3,(H,25,27)/t16-,21+/m0/s1. The van der Waals surface area contributed by atoms with Crippen LogP contribution in [0.1, 0.15) is 55.0 Å². The van der Waals surface area contributed by atoms with Gasteiger partial charge in [-0.2, -0.15) is 0 Å². The number of amides is 1. The van der Waals surface area contributed by atoms with Crippen molar-refractivity contribution in [1.82, 2.24) is 5.32 Å². The van der Waals surface area contributed by atoms with E-state index in [0.29, 0.717) is 17.1 Å². The molecule has 0 saturated heterocycles. The van der Waals surface area contributed by atoms with Gasteiger partial charge in [0.25, 0.3) is 0 Å². The fraction of sp³-hybridized carbons (Fsp3) is 0.435. The van der Waals surface area contributed by atoms with Crippen LogP contribution in [-0.4, -0.2) is 26.6 Å². The molecule has 1 amide bonds. The number of hydrogen-bond donors (Lipinski definition) is 1. The average Bonchev–Trinajstić information content (AvgIpc) is 3.14. The van der Waals surface area contributed by atoms with Crippen molar-refractivity contribution in [2.75, 3.05) is 10.6 Å². The molecule has 0 aliphatic heterocycles. The third kappa shape index (κ3) is 4.81. The predicted octanol–water partition coefficient (Wildman–Crippen LogP) is 4.56. The Labute approximate surface area is 184 Å². The topological polar surface area (TPSA) is 66.5 Å². The molecule has 0 fully saturated rings. The summed E-state index contributed by atoms with van der Waals surface area (Å²) in [6.07, 6.45) is 4.79. The number of rotatable bonds is 7. The fourth-order valence-electron chi connectivity index (χ4n) is 4.11. The molecule has 0 heterocycles. The highest BCUT2D eigenvalue weighted by Gasteiger charge is 2.33. The highest BCUT2D eigenvalue weighted by Crippen LogP contribution is 2.30. The van der Waals surface area contributed by atoms with E-state index in [9.17, 15) is 13.2 Å². The maximum absolute atomic E-state index is 13.2. The lowest BCUT2D eigenvalue weighted by Gasteiger charge is -2.32. The van der Waals surface area contributed by atoms with E-state index in [1.165, 1.54) is 21.9 Å². The number of halogens is 1. The molecule has 0 bridgehead atoms. The first-order chi connectivity index (χ1) is 14.1. The smallest absolute Gasteiger partial charge is 0.244 e. The summed E-state index contributed by atoms with van der Waals surface area (Å²) in [4.78, 5) is 13.2. The molecule has 1 aliphatic rings. The highest BCUT2D eigenvalue weighted by molar-refractivity contribution is 7.92. The maximum Gasteiger partial charge on any atom is 0.244 e. The number of sulfonamides is 1. The second-order valence-electron chi connectivity index (χ2n) is 8.03. The predicted molar refractivity (Wildman–Crippen MR) is 123 cm³/mol. The number of nitrogens with zero attached hydrogens (tertiary/aromatic N) is 1. The third-order valence-electron chi connectivity index (χ3n) is 5.72. The number of carbonyl (C=O) groups excluding carboxylic acids is 1. The first kappa shape index (κ1) is 22.6. The van der Waals surface area contributed by atoms with Gasteiger partial charge in [-0.25, -0.2) is 8.42 Å². The van der Waals surface area contributed by atoms with Gasteiger partial charge in [0.1, 0.15) is 6.04 Å². The zero-order chi connectivity index (χ0) is 22.1. The normalized spacial score (nSPS) is 15.4. The Bertz CT molecular complexity index is 1050. The maximum atomic E-state index is 13.2. The van der Waals surface area contributed by atoms with E-state index in [1.807, 2.05) is 26.8 Å². The summed E-state index contributed by atoms with van der Waals surface area (Å²) >= 11 is 6.13. The molecule has 0 radical (unpaired) electrons. The van der Waals surface area contributed by atoms with Crippen molar-refractivity contribution < 1.29 is 13.2 Å². The van der Waals surface area contributed by atoms with Crippen molar-refractivity contribution in [3.63, 3.8) is 0 Å². The van der Waals surface area contributed by atoms with Crippen LogP contribution in [0.5, 0.6) is 0 Å². The van der Waals surface area contributed by atoms with Crippen LogP contribution in [0.15, 0.2) is 36.4 Å². The van der Waals surface area contributed by atoms with Crippen LogP contribution in [0.2, 0.25) is 5.02 Å². The first-order valence-electron chi connectivity index (χ1n) is 10.3. The Hall–Kier alpha value is -2.05. The first-order valence-corrected chi connectivity index (χ1v) is 12.5. The zero-order valence-electron chi connectivity index (χ0n) is 17.9. The Kier molecular flexibility index (Phi) is 6.78. The summed E-state index contributed by atoms with van der Waals surface area (Å²) in [6.45, 7) is 5.54. The summed E-state index contributed by atoms with van der Waals surface area (Å²) in [5.74, 6) is -0.324.